The van der Waals surface area contributed by atoms with E-state index in [4.69, 9.17) is 9.47 Å². The second kappa shape index (κ2) is 11.0. The standard InChI is InChI=1S/C30H31NO7S2/c1-6-37-29(32)28(20-12-14-25(15-13-20)39(4,33)34)38-24-11-7-9-21(18-24)26-19-23(30(2,3)40(5,35)36)17-22-10-8-16-31-27(22)26/h7-19,28H,6H2,1-5H3. The van der Waals surface area contributed by atoms with E-state index in [2.05, 4.69) is 4.98 Å². The van der Waals surface area contributed by atoms with E-state index in [0.29, 0.717) is 33.5 Å². The molecular weight excluding hydrogens is 550 g/mol. The van der Waals surface area contributed by atoms with E-state index in [9.17, 15) is 21.6 Å². The van der Waals surface area contributed by atoms with Crippen LogP contribution in [0.25, 0.3) is 22.0 Å². The van der Waals surface area contributed by atoms with Crippen molar-refractivity contribution < 1.29 is 31.1 Å². The molecule has 0 aliphatic rings. The Morgan fingerprint density at radius 3 is 2.25 bits per heavy atom. The van der Waals surface area contributed by atoms with Crippen LogP contribution >= 0.6 is 0 Å². The summed E-state index contributed by atoms with van der Waals surface area (Å²) in [4.78, 5) is 17.5. The van der Waals surface area contributed by atoms with Gasteiger partial charge in [-0.1, -0.05) is 30.3 Å². The van der Waals surface area contributed by atoms with Gasteiger partial charge in [-0.3, -0.25) is 4.98 Å². The zero-order valence-corrected chi connectivity index (χ0v) is 24.5. The summed E-state index contributed by atoms with van der Waals surface area (Å²) in [6.07, 6.45) is 2.85. The first-order chi connectivity index (χ1) is 18.7. The van der Waals surface area contributed by atoms with Crippen molar-refractivity contribution in [3.8, 4) is 16.9 Å². The minimum atomic E-state index is -3.44. The molecule has 0 saturated carbocycles. The van der Waals surface area contributed by atoms with E-state index in [0.717, 1.165) is 11.6 Å². The monoisotopic (exact) mass is 581 g/mol. The summed E-state index contributed by atoms with van der Waals surface area (Å²) in [5.74, 6) is -0.261. The van der Waals surface area contributed by atoms with Crippen LogP contribution in [0.2, 0.25) is 0 Å². The number of nitrogens with zero attached hydrogens (tertiary/aromatic N) is 1. The van der Waals surface area contributed by atoms with Crippen molar-refractivity contribution in [3.05, 3.63) is 90.1 Å². The van der Waals surface area contributed by atoms with Crippen LogP contribution < -0.4 is 4.74 Å². The van der Waals surface area contributed by atoms with Crippen molar-refractivity contribution in [3.63, 3.8) is 0 Å². The number of esters is 1. The van der Waals surface area contributed by atoms with Crippen molar-refractivity contribution in [2.75, 3.05) is 19.1 Å². The second-order valence-electron chi connectivity index (χ2n) is 10.0. The fourth-order valence-electron chi connectivity index (χ4n) is 4.21. The number of hydrogen-bond acceptors (Lipinski definition) is 8. The van der Waals surface area contributed by atoms with Crippen molar-refractivity contribution in [1.82, 2.24) is 4.98 Å². The first-order valence-corrected chi connectivity index (χ1v) is 16.3. The average molecular weight is 582 g/mol. The number of rotatable bonds is 9. The van der Waals surface area contributed by atoms with Gasteiger partial charge in [-0.15, -0.1) is 0 Å². The van der Waals surface area contributed by atoms with Gasteiger partial charge in [-0.05, 0) is 74.4 Å². The molecule has 4 rings (SSSR count). The van der Waals surface area contributed by atoms with Gasteiger partial charge in [-0.2, -0.15) is 0 Å². The zero-order valence-electron chi connectivity index (χ0n) is 22.9. The SMILES string of the molecule is CCOC(=O)C(Oc1cccc(-c2cc(C(C)(C)S(C)(=O)=O)cc3cccnc23)c1)c1ccc(S(C)(=O)=O)cc1. The third kappa shape index (κ3) is 6.03. The maximum absolute atomic E-state index is 12.9. The predicted molar refractivity (Wildman–Crippen MR) is 155 cm³/mol. The molecule has 8 nitrogen and oxygen atoms in total. The Balaban J connectivity index is 1.79. The van der Waals surface area contributed by atoms with Crippen LogP contribution in [0.15, 0.2) is 83.9 Å². The number of pyridine rings is 1. The summed E-state index contributed by atoms with van der Waals surface area (Å²) in [5, 5.41) is 0.786. The summed E-state index contributed by atoms with van der Waals surface area (Å²) in [6.45, 7) is 5.16. The molecule has 3 aromatic carbocycles. The molecule has 0 aliphatic heterocycles. The summed E-state index contributed by atoms with van der Waals surface area (Å²) in [5.41, 5.74) is 3.15. The number of carbonyl (C=O) groups is 1. The first kappa shape index (κ1) is 29.2. The number of fused-ring (bicyclic) bond motifs is 1. The van der Waals surface area contributed by atoms with Gasteiger partial charge in [0.1, 0.15) is 5.75 Å². The van der Waals surface area contributed by atoms with Crippen molar-refractivity contribution >= 4 is 36.5 Å². The highest BCUT2D eigenvalue weighted by Crippen LogP contribution is 2.37. The second-order valence-corrected chi connectivity index (χ2v) is 14.6. The van der Waals surface area contributed by atoms with Crippen LogP contribution in [0.3, 0.4) is 0 Å². The van der Waals surface area contributed by atoms with Gasteiger partial charge in [0.25, 0.3) is 0 Å². The lowest BCUT2D eigenvalue weighted by molar-refractivity contribution is -0.151. The Bertz CT molecular complexity index is 1780. The maximum Gasteiger partial charge on any atom is 0.352 e. The minimum Gasteiger partial charge on any atom is -0.474 e. The van der Waals surface area contributed by atoms with Crippen molar-refractivity contribution in [2.24, 2.45) is 0 Å². The van der Waals surface area contributed by atoms with E-state index < -0.39 is 36.5 Å². The largest absolute Gasteiger partial charge is 0.474 e. The number of benzene rings is 3. The van der Waals surface area contributed by atoms with Crippen LogP contribution in [0.1, 0.15) is 38.0 Å². The molecule has 0 spiro atoms. The molecule has 1 heterocycles. The first-order valence-electron chi connectivity index (χ1n) is 12.5. The lowest BCUT2D eigenvalue weighted by atomic mass is 9.93. The van der Waals surface area contributed by atoms with E-state index in [1.165, 1.54) is 30.5 Å². The molecule has 210 valence electrons. The molecule has 1 unspecified atom stereocenters. The minimum absolute atomic E-state index is 0.122. The Morgan fingerprint density at radius 2 is 1.62 bits per heavy atom. The number of carbonyl (C=O) groups excluding carboxylic acids is 1. The van der Waals surface area contributed by atoms with Crippen LogP contribution in [-0.2, 0) is 34.0 Å². The van der Waals surface area contributed by atoms with Crippen LogP contribution in [-0.4, -0.2) is 46.9 Å². The molecule has 0 aliphatic carbocycles. The average Bonchev–Trinajstić information content (AvgIpc) is 2.90. The summed E-state index contributed by atoms with van der Waals surface area (Å²) < 4.78 is 59.2. The molecule has 40 heavy (non-hydrogen) atoms. The van der Waals surface area contributed by atoms with Crippen molar-refractivity contribution in [2.45, 2.75) is 36.5 Å². The molecule has 0 radical (unpaired) electrons. The molecule has 10 heteroatoms. The van der Waals surface area contributed by atoms with E-state index in [1.807, 2.05) is 24.3 Å². The molecule has 1 atom stereocenters. The number of ether oxygens (including phenoxy) is 2. The predicted octanol–water partition coefficient (Wildman–Crippen LogP) is 5.27. The highest BCUT2D eigenvalue weighted by Gasteiger charge is 2.33. The number of aromatic nitrogens is 1. The number of hydrogen-bond donors (Lipinski definition) is 0. The van der Waals surface area contributed by atoms with Crippen LogP contribution in [0.5, 0.6) is 5.75 Å². The lowest BCUT2D eigenvalue weighted by Crippen LogP contribution is -2.28. The molecule has 0 N–H and O–H groups in total. The molecule has 0 fully saturated rings. The summed E-state index contributed by atoms with van der Waals surface area (Å²) >= 11 is 0. The fraction of sp³-hybridized carbons (Fsp3) is 0.267. The third-order valence-electron chi connectivity index (χ3n) is 6.84. The van der Waals surface area contributed by atoms with Gasteiger partial charge in [0.2, 0.25) is 6.10 Å². The fourth-order valence-corrected chi connectivity index (χ4v) is 5.38. The lowest BCUT2D eigenvalue weighted by Gasteiger charge is -2.24. The highest BCUT2D eigenvalue weighted by molar-refractivity contribution is 7.91. The van der Waals surface area contributed by atoms with Crippen LogP contribution in [0, 0.1) is 0 Å². The molecule has 1 aromatic heterocycles. The van der Waals surface area contributed by atoms with Gasteiger partial charge in [0.05, 0.1) is 21.8 Å². The van der Waals surface area contributed by atoms with Gasteiger partial charge < -0.3 is 9.47 Å². The molecule has 4 aromatic rings. The van der Waals surface area contributed by atoms with Gasteiger partial charge in [0.15, 0.2) is 19.7 Å². The zero-order chi connectivity index (χ0) is 29.3. The van der Waals surface area contributed by atoms with Gasteiger partial charge in [-0.25, -0.2) is 21.6 Å². The molecule has 0 bridgehead atoms. The summed E-state index contributed by atoms with van der Waals surface area (Å²) in [6, 6.07) is 20.3. The van der Waals surface area contributed by atoms with Gasteiger partial charge in [0, 0.05) is 35.2 Å². The number of sulfone groups is 2. The van der Waals surface area contributed by atoms with Crippen molar-refractivity contribution in [1.29, 1.82) is 0 Å². The highest BCUT2D eigenvalue weighted by atomic mass is 32.2. The molecule has 0 amide bonds. The quantitative estimate of drug-likeness (QED) is 0.246. The summed E-state index contributed by atoms with van der Waals surface area (Å²) in [7, 11) is -6.85. The Morgan fingerprint density at radius 1 is 0.925 bits per heavy atom. The maximum atomic E-state index is 12.9. The smallest absolute Gasteiger partial charge is 0.352 e. The van der Waals surface area contributed by atoms with E-state index >= 15 is 0 Å². The Kier molecular flexibility index (Phi) is 8.05. The molecule has 0 saturated heterocycles. The normalized spacial score (nSPS) is 13.1. The topological polar surface area (TPSA) is 117 Å². The van der Waals surface area contributed by atoms with Gasteiger partial charge >= 0.3 is 5.97 Å². The van der Waals surface area contributed by atoms with Crippen LogP contribution in [0.4, 0.5) is 0 Å². The van der Waals surface area contributed by atoms with E-state index in [-0.39, 0.29) is 11.5 Å². The molecular formula is C30H31NO7S2. The van der Waals surface area contributed by atoms with E-state index in [1.54, 1.807) is 51.2 Å². The Labute approximate surface area is 234 Å². The third-order valence-corrected chi connectivity index (χ3v) is 10.1. The Hall–Kier alpha value is -3.76.